The Balaban J connectivity index is 1.94. The molecule has 1 N–H and O–H groups in total. The Bertz CT molecular complexity index is 627. The molecule has 1 atom stereocenters. The maximum Gasteiger partial charge on any atom is 0.0743 e. The Hall–Kier alpha value is -1.61. The summed E-state index contributed by atoms with van der Waals surface area (Å²) in [5, 5.41) is 15.9. The molecule has 0 aliphatic heterocycles. The first-order valence-corrected chi connectivity index (χ1v) is 7.60. The van der Waals surface area contributed by atoms with Crippen LogP contribution in [0.4, 0.5) is 0 Å². The minimum absolute atomic E-state index is 0.271. The van der Waals surface area contributed by atoms with Crippen LogP contribution in [0.25, 0.3) is 10.9 Å². The fourth-order valence-electron chi connectivity index (χ4n) is 3.07. The SMILES string of the molecule is CCn1nc(CC2=CC(O)CCCC2)c2ccccc21. The summed E-state index contributed by atoms with van der Waals surface area (Å²) in [6, 6.07) is 8.42. The minimum atomic E-state index is -0.271. The van der Waals surface area contributed by atoms with Crippen molar-refractivity contribution in [2.75, 3.05) is 0 Å². The van der Waals surface area contributed by atoms with Crippen molar-refractivity contribution in [2.24, 2.45) is 0 Å². The smallest absolute Gasteiger partial charge is 0.0743 e. The molecule has 3 nitrogen and oxygen atoms in total. The molecule has 0 saturated carbocycles. The van der Waals surface area contributed by atoms with Gasteiger partial charge in [-0.05, 0) is 32.3 Å². The van der Waals surface area contributed by atoms with Gasteiger partial charge in [-0.1, -0.05) is 36.3 Å². The highest BCUT2D eigenvalue weighted by atomic mass is 16.3. The van der Waals surface area contributed by atoms with Crippen LogP contribution >= 0.6 is 0 Å². The van der Waals surface area contributed by atoms with E-state index in [1.165, 1.54) is 22.9 Å². The van der Waals surface area contributed by atoms with E-state index in [1.54, 1.807) is 0 Å². The van der Waals surface area contributed by atoms with Crippen molar-refractivity contribution in [3.63, 3.8) is 0 Å². The van der Waals surface area contributed by atoms with Crippen molar-refractivity contribution >= 4 is 10.9 Å². The Labute approximate surface area is 119 Å². The van der Waals surface area contributed by atoms with Crippen LogP contribution in [0.2, 0.25) is 0 Å². The Morgan fingerprint density at radius 3 is 3.00 bits per heavy atom. The number of hydrogen-bond donors (Lipinski definition) is 1. The fourth-order valence-corrected chi connectivity index (χ4v) is 3.07. The number of allylic oxidation sites excluding steroid dienone is 1. The zero-order valence-electron chi connectivity index (χ0n) is 12.0. The lowest BCUT2D eigenvalue weighted by molar-refractivity contribution is 0.211. The number of benzene rings is 1. The molecular formula is C17H22N2O. The molecule has 1 heterocycles. The molecule has 0 saturated heterocycles. The fraction of sp³-hybridized carbons (Fsp3) is 0.471. The molecule has 0 radical (unpaired) electrons. The van der Waals surface area contributed by atoms with Crippen LogP contribution in [0.1, 0.15) is 38.3 Å². The largest absolute Gasteiger partial charge is 0.389 e. The van der Waals surface area contributed by atoms with E-state index in [4.69, 9.17) is 5.10 Å². The number of hydrogen-bond acceptors (Lipinski definition) is 2. The van der Waals surface area contributed by atoms with Crippen molar-refractivity contribution in [1.29, 1.82) is 0 Å². The number of para-hydroxylation sites is 1. The van der Waals surface area contributed by atoms with Gasteiger partial charge in [-0.25, -0.2) is 0 Å². The van der Waals surface area contributed by atoms with E-state index in [0.29, 0.717) is 0 Å². The lowest BCUT2D eigenvalue weighted by Gasteiger charge is -2.04. The van der Waals surface area contributed by atoms with Crippen LogP contribution in [0, 0.1) is 0 Å². The predicted molar refractivity (Wildman–Crippen MR) is 81.7 cm³/mol. The van der Waals surface area contributed by atoms with Crippen LogP contribution in [0.5, 0.6) is 0 Å². The molecule has 0 bridgehead atoms. The topological polar surface area (TPSA) is 38.0 Å². The van der Waals surface area contributed by atoms with Crippen LogP contribution < -0.4 is 0 Å². The number of aliphatic hydroxyl groups excluding tert-OH is 1. The Morgan fingerprint density at radius 1 is 1.30 bits per heavy atom. The third kappa shape index (κ3) is 2.63. The number of aromatic nitrogens is 2. The average molecular weight is 270 g/mol. The second-order valence-electron chi connectivity index (χ2n) is 5.59. The molecule has 0 amide bonds. The highest BCUT2D eigenvalue weighted by Crippen LogP contribution is 2.25. The Morgan fingerprint density at radius 2 is 2.15 bits per heavy atom. The van der Waals surface area contributed by atoms with Crippen molar-refractivity contribution in [3.8, 4) is 0 Å². The molecule has 3 rings (SSSR count). The van der Waals surface area contributed by atoms with Crippen LogP contribution in [0.15, 0.2) is 35.9 Å². The van der Waals surface area contributed by atoms with E-state index >= 15 is 0 Å². The zero-order chi connectivity index (χ0) is 13.9. The molecule has 3 heteroatoms. The Kier molecular flexibility index (Phi) is 3.88. The van der Waals surface area contributed by atoms with Gasteiger partial charge in [0.25, 0.3) is 0 Å². The molecule has 20 heavy (non-hydrogen) atoms. The summed E-state index contributed by atoms with van der Waals surface area (Å²) in [4.78, 5) is 0. The first-order valence-electron chi connectivity index (χ1n) is 7.60. The first-order chi connectivity index (χ1) is 9.78. The molecule has 106 valence electrons. The van der Waals surface area contributed by atoms with E-state index in [-0.39, 0.29) is 6.10 Å². The van der Waals surface area contributed by atoms with Gasteiger partial charge in [-0.15, -0.1) is 0 Å². The zero-order valence-corrected chi connectivity index (χ0v) is 12.0. The van der Waals surface area contributed by atoms with Crippen molar-refractivity contribution in [3.05, 3.63) is 41.6 Å². The summed E-state index contributed by atoms with van der Waals surface area (Å²) in [6.45, 7) is 3.01. The number of rotatable bonds is 3. The van der Waals surface area contributed by atoms with Crippen molar-refractivity contribution in [2.45, 2.75) is 51.7 Å². The highest BCUT2D eigenvalue weighted by molar-refractivity contribution is 5.82. The normalized spacial score (nSPS) is 19.9. The molecular weight excluding hydrogens is 248 g/mol. The third-order valence-electron chi connectivity index (χ3n) is 4.10. The summed E-state index contributed by atoms with van der Waals surface area (Å²) in [7, 11) is 0. The summed E-state index contributed by atoms with van der Waals surface area (Å²) in [6.07, 6.45) is 6.92. The molecule has 1 aliphatic carbocycles. The van der Waals surface area contributed by atoms with E-state index in [0.717, 1.165) is 37.9 Å². The van der Waals surface area contributed by atoms with E-state index in [1.807, 2.05) is 6.08 Å². The number of aryl methyl sites for hydroxylation is 1. The monoisotopic (exact) mass is 270 g/mol. The summed E-state index contributed by atoms with van der Waals surface area (Å²) in [5.74, 6) is 0. The summed E-state index contributed by atoms with van der Waals surface area (Å²) >= 11 is 0. The quantitative estimate of drug-likeness (QED) is 0.867. The number of nitrogens with zero attached hydrogens (tertiary/aromatic N) is 2. The number of fused-ring (bicyclic) bond motifs is 1. The van der Waals surface area contributed by atoms with E-state index in [9.17, 15) is 5.11 Å². The van der Waals surface area contributed by atoms with Crippen LogP contribution in [-0.2, 0) is 13.0 Å². The van der Waals surface area contributed by atoms with Crippen LogP contribution in [0.3, 0.4) is 0 Å². The standard InChI is InChI=1S/C17H22N2O/c1-2-19-17-10-6-5-9-15(17)16(18-19)12-13-7-3-4-8-14(20)11-13/h5-6,9-11,14,20H,2-4,7-8,12H2,1H3. The van der Waals surface area contributed by atoms with E-state index < -0.39 is 0 Å². The predicted octanol–water partition coefficient (Wildman–Crippen LogP) is 3.46. The summed E-state index contributed by atoms with van der Waals surface area (Å²) < 4.78 is 2.07. The highest BCUT2D eigenvalue weighted by Gasteiger charge is 2.14. The average Bonchev–Trinajstić information content (AvgIpc) is 2.68. The summed E-state index contributed by atoms with van der Waals surface area (Å²) in [5.41, 5.74) is 3.68. The second kappa shape index (κ2) is 5.80. The van der Waals surface area contributed by atoms with Gasteiger partial charge in [0.2, 0.25) is 0 Å². The van der Waals surface area contributed by atoms with Gasteiger partial charge < -0.3 is 5.11 Å². The molecule has 2 aromatic rings. The molecule has 1 unspecified atom stereocenters. The first kappa shape index (κ1) is 13.4. The van der Waals surface area contributed by atoms with Gasteiger partial charge in [0.05, 0.1) is 17.3 Å². The van der Waals surface area contributed by atoms with Gasteiger partial charge >= 0.3 is 0 Å². The van der Waals surface area contributed by atoms with Crippen molar-refractivity contribution in [1.82, 2.24) is 9.78 Å². The van der Waals surface area contributed by atoms with Gasteiger partial charge in [-0.2, -0.15) is 5.10 Å². The van der Waals surface area contributed by atoms with E-state index in [2.05, 4.69) is 35.9 Å². The molecule has 1 aliphatic rings. The van der Waals surface area contributed by atoms with Gasteiger partial charge in [-0.3, -0.25) is 4.68 Å². The third-order valence-corrected chi connectivity index (χ3v) is 4.10. The molecule has 1 aromatic heterocycles. The minimum Gasteiger partial charge on any atom is -0.389 e. The maximum atomic E-state index is 9.90. The lowest BCUT2D eigenvalue weighted by atomic mass is 10.0. The second-order valence-corrected chi connectivity index (χ2v) is 5.59. The van der Waals surface area contributed by atoms with Gasteiger partial charge in [0, 0.05) is 18.4 Å². The van der Waals surface area contributed by atoms with Crippen LogP contribution in [-0.4, -0.2) is 21.0 Å². The molecule has 1 aromatic carbocycles. The van der Waals surface area contributed by atoms with Crippen molar-refractivity contribution < 1.29 is 5.11 Å². The van der Waals surface area contributed by atoms with Gasteiger partial charge in [0.15, 0.2) is 0 Å². The van der Waals surface area contributed by atoms with Gasteiger partial charge in [0.1, 0.15) is 0 Å². The number of aliphatic hydroxyl groups is 1. The molecule has 0 fully saturated rings. The maximum absolute atomic E-state index is 9.90. The lowest BCUT2D eigenvalue weighted by Crippen LogP contribution is -2.02. The molecule has 0 spiro atoms.